The van der Waals surface area contributed by atoms with Crippen molar-refractivity contribution in [2.75, 3.05) is 6.54 Å². The van der Waals surface area contributed by atoms with Gasteiger partial charge in [0.05, 0.1) is 0 Å². The number of aromatic nitrogens is 3. The monoisotopic (exact) mass is 252 g/mol. The van der Waals surface area contributed by atoms with Gasteiger partial charge >= 0.3 is 5.97 Å². The molecule has 7 nitrogen and oxygen atoms in total. The average Bonchev–Trinajstić information content (AvgIpc) is 3.06. The Balaban J connectivity index is 1.68. The van der Waals surface area contributed by atoms with Gasteiger partial charge in [-0.3, -0.25) is 14.7 Å². The maximum Gasteiger partial charge on any atom is 0.303 e. The van der Waals surface area contributed by atoms with E-state index in [9.17, 15) is 9.59 Å². The lowest BCUT2D eigenvalue weighted by atomic mass is 10.2. The summed E-state index contributed by atoms with van der Waals surface area (Å²) >= 11 is 0. The highest BCUT2D eigenvalue weighted by Gasteiger charge is 2.28. The van der Waals surface area contributed by atoms with Crippen LogP contribution in [0.3, 0.4) is 0 Å². The van der Waals surface area contributed by atoms with Crippen LogP contribution in [-0.2, 0) is 4.79 Å². The van der Waals surface area contributed by atoms with Crippen LogP contribution >= 0.6 is 0 Å². The number of nitrogens with one attached hydrogen (secondary N) is 2. The lowest BCUT2D eigenvalue weighted by Crippen LogP contribution is -2.25. The Morgan fingerprint density at radius 2 is 2.17 bits per heavy atom. The predicted octanol–water partition coefficient (Wildman–Crippen LogP) is 0.667. The number of hydrogen-bond donors (Lipinski definition) is 3. The van der Waals surface area contributed by atoms with E-state index in [1.807, 2.05) is 0 Å². The van der Waals surface area contributed by atoms with E-state index in [0.29, 0.717) is 25.3 Å². The molecular formula is C11H16N4O3. The molecule has 3 N–H and O–H groups in total. The van der Waals surface area contributed by atoms with Crippen molar-refractivity contribution in [3.8, 4) is 0 Å². The fraction of sp³-hybridized carbons (Fsp3) is 0.636. The summed E-state index contributed by atoms with van der Waals surface area (Å²) in [6.07, 6.45) is 3.52. The molecule has 1 aromatic heterocycles. The third-order valence-electron chi connectivity index (χ3n) is 2.77. The predicted molar refractivity (Wildman–Crippen MR) is 62.2 cm³/mol. The number of carboxylic acid groups (broad SMARTS) is 1. The Morgan fingerprint density at radius 1 is 1.39 bits per heavy atom. The van der Waals surface area contributed by atoms with Crippen LogP contribution in [0.4, 0.5) is 0 Å². The van der Waals surface area contributed by atoms with Gasteiger partial charge in [0.1, 0.15) is 5.82 Å². The van der Waals surface area contributed by atoms with E-state index in [2.05, 4.69) is 20.5 Å². The van der Waals surface area contributed by atoms with Crippen molar-refractivity contribution in [1.29, 1.82) is 0 Å². The standard InChI is InChI=1S/C11H16N4O3/c16-8(17)3-1-2-6-12-11(18)10-13-9(14-15-10)7-4-5-7/h7H,1-6H2,(H,12,18)(H,16,17)(H,13,14,15). The number of carboxylic acids is 1. The van der Waals surface area contributed by atoms with Gasteiger partial charge in [0.25, 0.3) is 5.91 Å². The average molecular weight is 252 g/mol. The van der Waals surface area contributed by atoms with Crippen molar-refractivity contribution in [2.24, 2.45) is 0 Å². The van der Waals surface area contributed by atoms with Gasteiger partial charge in [-0.1, -0.05) is 0 Å². The smallest absolute Gasteiger partial charge is 0.303 e. The molecule has 1 fully saturated rings. The van der Waals surface area contributed by atoms with Crippen LogP contribution in [0.5, 0.6) is 0 Å². The van der Waals surface area contributed by atoms with Gasteiger partial charge in [0.2, 0.25) is 5.82 Å². The Labute approximate surface area is 104 Å². The molecule has 0 bridgehead atoms. The van der Waals surface area contributed by atoms with E-state index in [1.165, 1.54) is 0 Å². The molecule has 1 saturated carbocycles. The molecular weight excluding hydrogens is 236 g/mol. The SMILES string of the molecule is O=C(O)CCCCNC(=O)c1n[nH]c(C2CC2)n1. The van der Waals surface area contributed by atoms with Crippen molar-refractivity contribution in [2.45, 2.75) is 38.0 Å². The fourth-order valence-electron chi connectivity index (χ4n) is 1.60. The van der Waals surface area contributed by atoms with Crippen LogP contribution < -0.4 is 5.32 Å². The molecule has 0 aliphatic heterocycles. The van der Waals surface area contributed by atoms with E-state index in [0.717, 1.165) is 18.7 Å². The number of carbonyl (C=O) groups is 2. The third kappa shape index (κ3) is 3.54. The molecule has 0 radical (unpaired) electrons. The van der Waals surface area contributed by atoms with Gasteiger partial charge in [0.15, 0.2) is 0 Å². The molecule has 18 heavy (non-hydrogen) atoms. The first-order valence-corrected chi connectivity index (χ1v) is 6.09. The van der Waals surface area contributed by atoms with Gasteiger partial charge in [-0.25, -0.2) is 4.98 Å². The maximum absolute atomic E-state index is 11.6. The van der Waals surface area contributed by atoms with Crippen molar-refractivity contribution < 1.29 is 14.7 Å². The maximum atomic E-state index is 11.6. The molecule has 0 unspecified atom stereocenters. The molecule has 1 aromatic rings. The summed E-state index contributed by atoms with van der Waals surface area (Å²) in [4.78, 5) is 26.0. The summed E-state index contributed by atoms with van der Waals surface area (Å²) < 4.78 is 0. The number of aliphatic carboxylic acids is 1. The first-order valence-electron chi connectivity index (χ1n) is 6.09. The number of amides is 1. The van der Waals surface area contributed by atoms with Crippen LogP contribution in [0.2, 0.25) is 0 Å². The van der Waals surface area contributed by atoms with Crippen LogP contribution in [0.15, 0.2) is 0 Å². The minimum Gasteiger partial charge on any atom is -0.481 e. The number of carbonyl (C=O) groups excluding carboxylic acids is 1. The van der Waals surface area contributed by atoms with E-state index >= 15 is 0 Å². The van der Waals surface area contributed by atoms with Gasteiger partial charge < -0.3 is 10.4 Å². The summed E-state index contributed by atoms with van der Waals surface area (Å²) in [5, 5.41) is 17.7. The van der Waals surface area contributed by atoms with Crippen LogP contribution in [0, 0.1) is 0 Å². The summed E-state index contributed by atoms with van der Waals surface area (Å²) in [5.74, 6) is 0.258. The number of rotatable bonds is 7. The van der Waals surface area contributed by atoms with Crippen molar-refractivity contribution >= 4 is 11.9 Å². The molecule has 0 atom stereocenters. The third-order valence-corrected chi connectivity index (χ3v) is 2.77. The highest BCUT2D eigenvalue weighted by atomic mass is 16.4. The first kappa shape index (κ1) is 12.5. The van der Waals surface area contributed by atoms with Crippen LogP contribution in [0.1, 0.15) is 54.5 Å². The van der Waals surface area contributed by atoms with E-state index < -0.39 is 5.97 Å². The number of aromatic amines is 1. The second-order valence-corrected chi connectivity index (χ2v) is 4.43. The molecule has 1 aliphatic rings. The summed E-state index contributed by atoms with van der Waals surface area (Å²) in [6, 6.07) is 0. The lowest BCUT2D eigenvalue weighted by molar-refractivity contribution is -0.137. The molecule has 2 rings (SSSR count). The summed E-state index contributed by atoms with van der Waals surface area (Å²) in [6.45, 7) is 0.444. The number of nitrogens with zero attached hydrogens (tertiary/aromatic N) is 2. The highest BCUT2D eigenvalue weighted by molar-refractivity contribution is 5.90. The largest absolute Gasteiger partial charge is 0.481 e. The zero-order valence-corrected chi connectivity index (χ0v) is 9.98. The normalized spacial score (nSPS) is 14.4. The second kappa shape index (κ2) is 5.61. The molecule has 1 aliphatic carbocycles. The molecule has 7 heteroatoms. The molecule has 0 saturated heterocycles. The molecule has 0 spiro atoms. The molecule has 1 amide bonds. The lowest BCUT2D eigenvalue weighted by Gasteiger charge is -2.00. The summed E-state index contributed by atoms with van der Waals surface area (Å²) in [5.41, 5.74) is 0. The molecule has 98 valence electrons. The zero-order chi connectivity index (χ0) is 13.0. The zero-order valence-electron chi connectivity index (χ0n) is 9.98. The minimum absolute atomic E-state index is 0.127. The van der Waals surface area contributed by atoms with Crippen LogP contribution in [0.25, 0.3) is 0 Å². The van der Waals surface area contributed by atoms with Gasteiger partial charge in [-0.05, 0) is 25.7 Å². The van der Waals surface area contributed by atoms with Gasteiger partial charge in [-0.15, -0.1) is 5.10 Å². The highest BCUT2D eigenvalue weighted by Crippen LogP contribution is 2.37. The van der Waals surface area contributed by atoms with Crippen molar-refractivity contribution in [3.05, 3.63) is 11.6 Å². The Morgan fingerprint density at radius 3 is 2.83 bits per heavy atom. The van der Waals surface area contributed by atoms with Gasteiger partial charge in [-0.2, -0.15) is 0 Å². The van der Waals surface area contributed by atoms with E-state index in [-0.39, 0.29) is 18.2 Å². The molecule has 0 aromatic carbocycles. The van der Waals surface area contributed by atoms with E-state index in [1.54, 1.807) is 0 Å². The Kier molecular flexibility index (Phi) is 3.91. The van der Waals surface area contributed by atoms with Gasteiger partial charge in [0, 0.05) is 18.9 Å². The van der Waals surface area contributed by atoms with E-state index in [4.69, 9.17) is 5.11 Å². The Bertz CT molecular complexity index is 439. The fourth-order valence-corrected chi connectivity index (χ4v) is 1.60. The summed E-state index contributed by atoms with van der Waals surface area (Å²) in [7, 11) is 0. The minimum atomic E-state index is -0.815. The quantitative estimate of drug-likeness (QED) is 0.618. The van der Waals surface area contributed by atoms with Crippen molar-refractivity contribution in [1.82, 2.24) is 20.5 Å². The first-order chi connectivity index (χ1) is 8.66. The number of unbranched alkanes of at least 4 members (excludes halogenated alkanes) is 1. The Hall–Kier alpha value is -1.92. The van der Waals surface area contributed by atoms with Crippen molar-refractivity contribution in [3.63, 3.8) is 0 Å². The van der Waals surface area contributed by atoms with Crippen LogP contribution in [-0.4, -0.2) is 38.7 Å². The number of H-pyrrole nitrogens is 1. The topological polar surface area (TPSA) is 108 Å². The second-order valence-electron chi connectivity index (χ2n) is 4.43. The number of hydrogen-bond acceptors (Lipinski definition) is 4. The molecule has 1 heterocycles.